The third-order valence-corrected chi connectivity index (χ3v) is 1.86. The maximum Gasteiger partial charge on any atom is 0.0443 e. The molecule has 0 fully saturated rings. The van der Waals surface area contributed by atoms with Crippen LogP contribution in [-0.2, 0) is 0 Å². The van der Waals surface area contributed by atoms with Gasteiger partial charge in [-0.25, -0.2) is 0 Å². The molecule has 2 N–H and O–H groups in total. The largest absolute Gasteiger partial charge is 0.396 e. The van der Waals surface area contributed by atoms with Crippen LogP contribution in [0.5, 0.6) is 0 Å². The Bertz CT molecular complexity index is 104. The Balaban J connectivity index is 3.40. The Morgan fingerprint density at radius 1 is 1.58 bits per heavy atom. The molecule has 0 radical (unpaired) electrons. The summed E-state index contributed by atoms with van der Waals surface area (Å²) in [6, 6.07) is 0.555. The Kier molecular flexibility index (Phi) is 8.51. The Hall–Kier alpha value is -0.340. The van der Waals surface area contributed by atoms with Crippen molar-refractivity contribution in [3.63, 3.8) is 0 Å². The second-order valence-corrected chi connectivity index (χ2v) is 3.04. The lowest BCUT2D eigenvalue weighted by atomic mass is 10.1. The molecule has 0 aliphatic rings. The van der Waals surface area contributed by atoms with Crippen molar-refractivity contribution in [2.75, 3.05) is 13.2 Å². The van der Waals surface area contributed by atoms with E-state index in [1.54, 1.807) is 0 Å². The van der Waals surface area contributed by atoms with E-state index in [1.165, 1.54) is 12.8 Å². The highest BCUT2D eigenvalue weighted by Crippen LogP contribution is 2.01. The molecular formula is C10H21NO. The van der Waals surface area contributed by atoms with E-state index in [1.807, 2.05) is 6.08 Å². The van der Waals surface area contributed by atoms with Crippen molar-refractivity contribution in [2.24, 2.45) is 0 Å². The third-order valence-electron chi connectivity index (χ3n) is 1.86. The van der Waals surface area contributed by atoms with E-state index in [-0.39, 0.29) is 6.61 Å². The van der Waals surface area contributed by atoms with Crippen LogP contribution >= 0.6 is 0 Å². The predicted molar refractivity (Wildman–Crippen MR) is 53.2 cm³/mol. The van der Waals surface area contributed by atoms with Crippen LogP contribution in [0.25, 0.3) is 0 Å². The molecule has 1 atom stereocenters. The van der Waals surface area contributed by atoms with E-state index in [2.05, 4.69) is 18.8 Å². The number of aliphatic hydroxyl groups excluding tert-OH is 1. The molecule has 2 nitrogen and oxygen atoms in total. The maximum atomic E-state index is 8.58. The van der Waals surface area contributed by atoms with Gasteiger partial charge in [0.2, 0.25) is 0 Å². The highest BCUT2D eigenvalue weighted by molar-refractivity contribution is 4.77. The summed E-state index contributed by atoms with van der Waals surface area (Å²) in [6.45, 7) is 7.10. The Morgan fingerprint density at radius 2 is 2.33 bits per heavy atom. The minimum atomic E-state index is 0.278. The first kappa shape index (κ1) is 11.7. The van der Waals surface area contributed by atoms with Crippen molar-refractivity contribution in [3.8, 4) is 0 Å². The quantitative estimate of drug-likeness (QED) is 0.430. The van der Waals surface area contributed by atoms with Crippen molar-refractivity contribution >= 4 is 0 Å². The number of nitrogens with one attached hydrogen (secondary N) is 1. The fraction of sp³-hybridized carbons (Fsp3) is 0.800. The van der Waals surface area contributed by atoms with Crippen LogP contribution in [0, 0.1) is 0 Å². The first-order valence-electron chi connectivity index (χ1n) is 4.80. The van der Waals surface area contributed by atoms with Gasteiger partial charge >= 0.3 is 0 Å². The van der Waals surface area contributed by atoms with Crippen LogP contribution in [0.2, 0.25) is 0 Å². The second kappa shape index (κ2) is 8.75. The predicted octanol–water partition coefficient (Wildman–Crippen LogP) is 1.70. The van der Waals surface area contributed by atoms with Crippen LogP contribution in [0.3, 0.4) is 0 Å². The van der Waals surface area contributed by atoms with Gasteiger partial charge in [-0.2, -0.15) is 0 Å². The van der Waals surface area contributed by atoms with Crippen molar-refractivity contribution in [1.29, 1.82) is 0 Å². The van der Waals surface area contributed by atoms with Crippen molar-refractivity contribution < 1.29 is 5.11 Å². The summed E-state index contributed by atoms with van der Waals surface area (Å²) in [5.41, 5.74) is 0. The number of hydrogen-bond donors (Lipinski definition) is 2. The van der Waals surface area contributed by atoms with Gasteiger partial charge in [-0.05, 0) is 25.8 Å². The van der Waals surface area contributed by atoms with E-state index in [9.17, 15) is 0 Å². The monoisotopic (exact) mass is 171 g/mol. The van der Waals surface area contributed by atoms with E-state index in [0.29, 0.717) is 6.04 Å². The molecular weight excluding hydrogens is 150 g/mol. The molecule has 0 aliphatic heterocycles. The molecule has 2 heteroatoms. The minimum Gasteiger partial charge on any atom is -0.396 e. The van der Waals surface area contributed by atoms with Crippen LogP contribution in [-0.4, -0.2) is 24.3 Å². The van der Waals surface area contributed by atoms with Gasteiger partial charge in [0.25, 0.3) is 0 Å². The molecule has 72 valence electrons. The van der Waals surface area contributed by atoms with Gasteiger partial charge in [0.1, 0.15) is 0 Å². The molecule has 0 rings (SSSR count). The zero-order valence-electron chi connectivity index (χ0n) is 8.05. The number of aliphatic hydroxyl groups is 1. The molecule has 0 heterocycles. The molecule has 0 spiro atoms. The second-order valence-electron chi connectivity index (χ2n) is 3.04. The van der Waals surface area contributed by atoms with E-state index < -0.39 is 0 Å². The van der Waals surface area contributed by atoms with Gasteiger partial charge < -0.3 is 10.4 Å². The topological polar surface area (TPSA) is 32.3 Å². The molecule has 0 amide bonds. The molecule has 0 saturated carbocycles. The lowest BCUT2D eigenvalue weighted by Gasteiger charge is -2.15. The van der Waals surface area contributed by atoms with Gasteiger partial charge in [-0.3, -0.25) is 0 Å². The maximum absolute atomic E-state index is 8.58. The number of hydrogen-bond acceptors (Lipinski definition) is 2. The van der Waals surface area contributed by atoms with E-state index >= 15 is 0 Å². The zero-order valence-corrected chi connectivity index (χ0v) is 8.05. The molecule has 0 aromatic carbocycles. The van der Waals surface area contributed by atoms with Gasteiger partial charge in [-0.1, -0.05) is 19.4 Å². The highest BCUT2D eigenvalue weighted by Gasteiger charge is 2.02. The molecule has 0 aromatic rings. The van der Waals surface area contributed by atoms with Gasteiger partial charge in [0.15, 0.2) is 0 Å². The lowest BCUT2D eigenvalue weighted by Crippen LogP contribution is -2.29. The van der Waals surface area contributed by atoms with E-state index in [0.717, 1.165) is 19.4 Å². The molecule has 12 heavy (non-hydrogen) atoms. The summed E-state index contributed by atoms with van der Waals surface area (Å²) in [4.78, 5) is 0. The standard InChI is InChI=1S/C10H21NO/c1-3-6-10(7-4-2)11-8-5-9-12/h3,10-12H,1,4-9H2,2H3. The van der Waals surface area contributed by atoms with Crippen LogP contribution < -0.4 is 5.32 Å². The zero-order chi connectivity index (χ0) is 9.23. The van der Waals surface area contributed by atoms with Gasteiger partial charge in [0.05, 0.1) is 0 Å². The Morgan fingerprint density at radius 3 is 2.83 bits per heavy atom. The summed E-state index contributed by atoms with van der Waals surface area (Å²) in [5, 5.41) is 12.0. The fourth-order valence-corrected chi connectivity index (χ4v) is 1.24. The summed E-state index contributed by atoms with van der Waals surface area (Å²) in [6.07, 6.45) is 6.21. The number of rotatable bonds is 8. The Labute approximate surface area is 75.7 Å². The molecule has 0 aliphatic carbocycles. The molecule has 0 bridgehead atoms. The smallest absolute Gasteiger partial charge is 0.0443 e. The first-order valence-corrected chi connectivity index (χ1v) is 4.80. The van der Waals surface area contributed by atoms with Crippen molar-refractivity contribution in [1.82, 2.24) is 5.32 Å². The first-order chi connectivity index (χ1) is 5.85. The summed E-state index contributed by atoms with van der Waals surface area (Å²) >= 11 is 0. The average Bonchev–Trinajstić information content (AvgIpc) is 2.06. The van der Waals surface area contributed by atoms with Gasteiger partial charge in [-0.15, -0.1) is 6.58 Å². The highest BCUT2D eigenvalue weighted by atomic mass is 16.3. The van der Waals surface area contributed by atoms with Crippen molar-refractivity contribution in [2.45, 2.75) is 38.6 Å². The van der Waals surface area contributed by atoms with Crippen LogP contribution in [0.15, 0.2) is 12.7 Å². The molecule has 0 saturated heterocycles. The summed E-state index contributed by atoms with van der Waals surface area (Å²) < 4.78 is 0. The minimum absolute atomic E-state index is 0.278. The lowest BCUT2D eigenvalue weighted by molar-refractivity contribution is 0.282. The fourth-order valence-electron chi connectivity index (χ4n) is 1.24. The SMILES string of the molecule is C=CCC(CCC)NCCCO. The summed E-state index contributed by atoms with van der Waals surface area (Å²) in [5.74, 6) is 0. The average molecular weight is 171 g/mol. The van der Waals surface area contributed by atoms with Gasteiger partial charge in [0, 0.05) is 12.6 Å². The molecule has 1 unspecified atom stereocenters. The summed E-state index contributed by atoms with van der Waals surface area (Å²) in [7, 11) is 0. The normalized spacial score (nSPS) is 12.8. The van der Waals surface area contributed by atoms with E-state index in [4.69, 9.17) is 5.11 Å². The third kappa shape index (κ3) is 6.38. The molecule has 0 aromatic heterocycles. The van der Waals surface area contributed by atoms with Crippen molar-refractivity contribution in [3.05, 3.63) is 12.7 Å². The van der Waals surface area contributed by atoms with Crippen LogP contribution in [0.1, 0.15) is 32.6 Å². The van der Waals surface area contributed by atoms with Crippen LogP contribution in [0.4, 0.5) is 0 Å².